The third-order valence-electron chi connectivity index (χ3n) is 12.3. The molecule has 0 bridgehead atoms. The molecular formula is C58H41N3O. The second-order valence-corrected chi connectivity index (χ2v) is 15.8. The molecule has 0 unspecified atom stereocenters. The molecule has 294 valence electrons. The first kappa shape index (κ1) is 37.0. The van der Waals surface area contributed by atoms with Crippen LogP contribution in [0, 0.1) is 0 Å². The van der Waals surface area contributed by atoms with Crippen molar-refractivity contribution in [2.24, 2.45) is 0 Å². The van der Waals surface area contributed by atoms with Crippen molar-refractivity contribution in [3.63, 3.8) is 0 Å². The van der Waals surface area contributed by atoms with E-state index in [4.69, 9.17) is 4.98 Å². The highest BCUT2D eigenvalue weighted by Crippen LogP contribution is 2.45. The van der Waals surface area contributed by atoms with Gasteiger partial charge in [0.15, 0.2) is 0 Å². The first-order valence-electron chi connectivity index (χ1n) is 21.1. The molecule has 10 aromatic rings. The summed E-state index contributed by atoms with van der Waals surface area (Å²) in [5, 5.41) is 7.05. The third kappa shape index (κ3) is 5.99. The van der Waals surface area contributed by atoms with Crippen LogP contribution in [0.15, 0.2) is 194 Å². The maximum absolute atomic E-state index is 14.0. The van der Waals surface area contributed by atoms with Crippen LogP contribution in [0.3, 0.4) is 0 Å². The molecule has 0 fully saturated rings. The predicted molar refractivity (Wildman–Crippen MR) is 261 cm³/mol. The SMILES string of the molecule is C=Cc1c(C=C)c(-c2ccc(-c3nc4c(n3-c3ccccc3)=CCCC=4)cc2)c2cc(-c3ccc4c(c3)c3ccccc3c(=O)n4-c3ccccc3)ccc2c1-c1ccccc1. The second kappa shape index (κ2) is 15.2. The van der Waals surface area contributed by atoms with E-state index in [-0.39, 0.29) is 5.56 Å². The summed E-state index contributed by atoms with van der Waals surface area (Å²) in [4.78, 5) is 19.2. The highest BCUT2D eigenvalue weighted by Gasteiger charge is 2.21. The number of hydrogen-bond donors (Lipinski definition) is 0. The Hall–Kier alpha value is -8.08. The Morgan fingerprint density at radius 3 is 1.65 bits per heavy atom. The number of benzene rings is 8. The molecule has 11 rings (SSSR count). The molecule has 1 aliphatic rings. The molecule has 4 heteroatoms. The maximum Gasteiger partial charge on any atom is 0.263 e. The van der Waals surface area contributed by atoms with Gasteiger partial charge in [-0.1, -0.05) is 165 Å². The van der Waals surface area contributed by atoms with Gasteiger partial charge in [0.1, 0.15) is 5.82 Å². The molecule has 62 heavy (non-hydrogen) atoms. The van der Waals surface area contributed by atoms with Crippen molar-refractivity contribution in [2.45, 2.75) is 12.8 Å². The van der Waals surface area contributed by atoms with Crippen LogP contribution in [0.2, 0.25) is 0 Å². The summed E-state index contributed by atoms with van der Waals surface area (Å²) in [6.07, 6.45) is 10.5. The Bertz CT molecular complexity index is 3600. The van der Waals surface area contributed by atoms with E-state index in [1.807, 2.05) is 65.3 Å². The molecular weight excluding hydrogens is 755 g/mol. The zero-order valence-corrected chi connectivity index (χ0v) is 34.1. The summed E-state index contributed by atoms with van der Waals surface area (Å²) in [6.45, 7) is 8.76. The fourth-order valence-electron chi connectivity index (χ4n) is 9.51. The monoisotopic (exact) mass is 795 g/mol. The zero-order chi connectivity index (χ0) is 41.7. The molecule has 2 heterocycles. The van der Waals surface area contributed by atoms with Crippen LogP contribution in [-0.2, 0) is 0 Å². The van der Waals surface area contributed by atoms with Crippen LogP contribution >= 0.6 is 0 Å². The zero-order valence-electron chi connectivity index (χ0n) is 34.1. The number of para-hydroxylation sites is 2. The first-order valence-corrected chi connectivity index (χ1v) is 21.1. The van der Waals surface area contributed by atoms with E-state index >= 15 is 0 Å². The number of imidazole rings is 1. The average Bonchev–Trinajstić information content (AvgIpc) is 3.74. The van der Waals surface area contributed by atoms with E-state index in [9.17, 15) is 4.79 Å². The molecule has 0 saturated heterocycles. The van der Waals surface area contributed by atoms with Gasteiger partial charge in [-0.3, -0.25) is 13.9 Å². The molecule has 4 nitrogen and oxygen atoms in total. The normalized spacial score (nSPS) is 12.2. The Morgan fingerprint density at radius 1 is 0.452 bits per heavy atom. The predicted octanol–water partition coefficient (Wildman–Crippen LogP) is 12.8. The van der Waals surface area contributed by atoms with Crippen LogP contribution in [0.1, 0.15) is 24.0 Å². The van der Waals surface area contributed by atoms with Crippen molar-refractivity contribution < 1.29 is 0 Å². The number of rotatable bonds is 8. The lowest BCUT2D eigenvalue weighted by Crippen LogP contribution is -2.31. The largest absolute Gasteiger partial charge is 0.293 e. The molecule has 0 saturated carbocycles. The van der Waals surface area contributed by atoms with Gasteiger partial charge >= 0.3 is 0 Å². The van der Waals surface area contributed by atoms with Gasteiger partial charge in [-0.2, -0.15) is 0 Å². The van der Waals surface area contributed by atoms with Crippen LogP contribution in [0.25, 0.3) is 113 Å². The second-order valence-electron chi connectivity index (χ2n) is 15.8. The van der Waals surface area contributed by atoms with E-state index in [0.29, 0.717) is 5.39 Å². The standard InChI is InChI=1S/C58H41N3O/c1-3-45-46(4-2)56(39-28-30-40(31-29-39)57-59-52-26-16-17-27-54(52)60(57)43-20-10-6-11-21-43)51-37-41(32-34-48(51)55(45)38-18-8-5-9-19-38)42-33-35-53-50(36-42)47-24-14-15-25-49(47)58(62)61(53)44-22-12-7-13-23-44/h3-15,18-37H,1-2,16-17H2. The molecule has 0 amide bonds. The number of pyridine rings is 1. The highest BCUT2D eigenvalue weighted by molar-refractivity contribution is 6.13. The van der Waals surface area contributed by atoms with Gasteiger partial charge in [-0.05, 0) is 122 Å². The Labute approximate surface area is 359 Å². The minimum Gasteiger partial charge on any atom is -0.293 e. The van der Waals surface area contributed by atoms with Crippen molar-refractivity contribution in [3.8, 4) is 56.1 Å². The van der Waals surface area contributed by atoms with Gasteiger partial charge < -0.3 is 0 Å². The summed E-state index contributed by atoms with van der Waals surface area (Å²) >= 11 is 0. The van der Waals surface area contributed by atoms with Crippen LogP contribution in [-0.4, -0.2) is 14.1 Å². The van der Waals surface area contributed by atoms with E-state index in [0.717, 1.165) is 118 Å². The fraction of sp³-hybridized carbons (Fsp3) is 0.0345. The average molecular weight is 796 g/mol. The van der Waals surface area contributed by atoms with Crippen molar-refractivity contribution >= 4 is 56.8 Å². The van der Waals surface area contributed by atoms with Gasteiger partial charge in [0.25, 0.3) is 5.56 Å². The molecule has 8 aromatic carbocycles. The molecule has 0 spiro atoms. The maximum atomic E-state index is 14.0. The van der Waals surface area contributed by atoms with E-state index < -0.39 is 0 Å². The summed E-state index contributed by atoms with van der Waals surface area (Å²) in [5.41, 5.74) is 12.4. The lowest BCUT2D eigenvalue weighted by Gasteiger charge is -2.21. The minimum absolute atomic E-state index is 0.0304. The number of nitrogens with zero attached hydrogens (tertiary/aromatic N) is 3. The fourth-order valence-corrected chi connectivity index (χ4v) is 9.51. The van der Waals surface area contributed by atoms with Crippen molar-refractivity contribution in [1.82, 2.24) is 14.1 Å². The molecule has 2 aromatic heterocycles. The van der Waals surface area contributed by atoms with Gasteiger partial charge in [0, 0.05) is 27.7 Å². The van der Waals surface area contributed by atoms with Gasteiger partial charge in [0.05, 0.1) is 16.2 Å². The number of hydrogen-bond acceptors (Lipinski definition) is 2. The Morgan fingerprint density at radius 2 is 0.968 bits per heavy atom. The molecule has 0 N–H and O–H groups in total. The quantitative estimate of drug-likeness (QED) is 0.144. The lowest BCUT2D eigenvalue weighted by molar-refractivity contribution is 1.00. The van der Waals surface area contributed by atoms with E-state index in [2.05, 4.69) is 157 Å². The van der Waals surface area contributed by atoms with Gasteiger partial charge in [-0.15, -0.1) is 0 Å². The van der Waals surface area contributed by atoms with Crippen molar-refractivity contribution in [1.29, 1.82) is 0 Å². The smallest absolute Gasteiger partial charge is 0.263 e. The molecule has 0 radical (unpaired) electrons. The Kier molecular flexibility index (Phi) is 9.05. The number of aromatic nitrogens is 3. The summed E-state index contributed by atoms with van der Waals surface area (Å²) in [7, 11) is 0. The van der Waals surface area contributed by atoms with Crippen molar-refractivity contribution in [3.05, 3.63) is 221 Å². The molecule has 0 atom stereocenters. The van der Waals surface area contributed by atoms with Crippen LogP contribution < -0.4 is 16.3 Å². The third-order valence-corrected chi connectivity index (χ3v) is 12.3. The van der Waals surface area contributed by atoms with Gasteiger partial charge in [-0.25, -0.2) is 4.98 Å². The summed E-state index contributed by atoms with van der Waals surface area (Å²) < 4.78 is 4.12. The van der Waals surface area contributed by atoms with Crippen LogP contribution in [0.5, 0.6) is 0 Å². The topological polar surface area (TPSA) is 39.8 Å². The highest BCUT2D eigenvalue weighted by atomic mass is 16.1. The van der Waals surface area contributed by atoms with Crippen LogP contribution in [0.4, 0.5) is 0 Å². The van der Waals surface area contributed by atoms with Gasteiger partial charge in [0.2, 0.25) is 0 Å². The summed E-state index contributed by atoms with van der Waals surface area (Å²) in [5.74, 6) is 0.922. The van der Waals surface area contributed by atoms with E-state index in [1.165, 1.54) is 0 Å². The minimum atomic E-state index is -0.0304. The van der Waals surface area contributed by atoms with E-state index in [1.54, 1.807) is 0 Å². The molecule has 1 aliphatic carbocycles. The Balaban J connectivity index is 1.14. The molecule has 0 aliphatic heterocycles. The number of fused-ring (bicyclic) bond motifs is 5. The first-order chi connectivity index (χ1) is 30.6. The van der Waals surface area contributed by atoms with Crippen molar-refractivity contribution in [2.75, 3.05) is 0 Å². The summed E-state index contributed by atoms with van der Waals surface area (Å²) in [6, 6.07) is 61.0. The lowest BCUT2D eigenvalue weighted by atomic mass is 9.82.